The summed E-state index contributed by atoms with van der Waals surface area (Å²) < 4.78 is 27.6. The van der Waals surface area contributed by atoms with Gasteiger partial charge in [-0.25, -0.2) is 0 Å². The lowest BCUT2D eigenvalue weighted by atomic mass is 9.93. The Labute approximate surface area is 171 Å². The summed E-state index contributed by atoms with van der Waals surface area (Å²) in [6.45, 7) is 4.91. The molecule has 1 amide bonds. The first kappa shape index (κ1) is 25.7. The van der Waals surface area contributed by atoms with Gasteiger partial charge in [0, 0.05) is 20.6 Å². The van der Waals surface area contributed by atoms with E-state index < -0.39 is 55.7 Å². The van der Waals surface area contributed by atoms with Gasteiger partial charge in [0.05, 0.1) is 18.8 Å². The molecule has 1 rings (SSSR count). The third-order valence-corrected chi connectivity index (χ3v) is 4.68. The van der Waals surface area contributed by atoms with Gasteiger partial charge >= 0.3 is 0 Å². The molecule has 0 bridgehead atoms. The Morgan fingerprint density at radius 2 is 2.07 bits per heavy atom. The minimum Gasteiger partial charge on any atom is -0.435 e. The average molecular weight is 422 g/mol. The van der Waals surface area contributed by atoms with E-state index in [1.54, 1.807) is 14.0 Å². The van der Waals surface area contributed by atoms with Gasteiger partial charge in [0.25, 0.3) is 6.47 Å². The summed E-state index contributed by atoms with van der Waals surface area (Å²) in [5.74, 6) is -0.327. The predicted molar refractivity (Wildman–Crippen MR) is 101 cm³/mol. The summed E-state index contributed by atoms with van der Waals surface area (Å²) in [6.07, 6.45) is -5.62. The van der Waals surface area contributed by atoms with Crippen molar-refractivity contribution in [1.82, 2.24) is 10.6 Å². The Morgan fingerprint density at radius 1 is 1.38 bits per heavy atom. The molecule has 1 aliphatic heterocycles. The van der Waals surface area contributed by atoms with Crippen molar-refractivity contribution in [2.75, 3.05) is 27.3 Å². The van der Waals surface area contributed by atoms with Crippen LogP contribution in [0.4, 0.5) is 0 Å². The van der Waals surface area contributed by atoms with E-state index in [9.17, 15) is 19.8 Å². The maximum atomic E-state index is 11.6. The quantitative estimate of drug-likeness (QED) is 0.204. The van der Waals surface area contributed by atoms with Gasteiger partial charge in [0.15, 0.2) is 6.29 Å². The zero-order chi connectivity index (χ0) is 22.0. The van der Waals surface area contributed by atoms with E-state index in [0.717, 1.165) is 0 Å². The molecule has 4 N–H and O–H groups in total. The number of carbonyl (C=O) groups excluding carboxylic acids is 2. The molecule has 0 aliphatic carbocycles. The monoisotopic (exact) mass is 422 g/mol. The van der Waals surface area contributed by atoms with E-state index in [4.69, 9.17) is 23.7 Å². The van der Waals surface area contributed by atoms with Gasteiger partial charge in [-0.15, -0.1) is 0 Å². The van der Waals surface area contributed by atoms with Crippen molar-refractivity contribution in [3.8, 4) is 0 Å². The van der Waals surface area contributed by atoms with Gasteiger partial charge in [-0.3, -0.25) is 9.59 Å². The third kappa shape index (κ3) is 7.45. The Hall–Kier alpha value is -1.34. The first-order chi connectivity index (χ1) is 13.8. The van der Waals surface area contributed by atoms with Crippen molar-refractivity contribution in [1.29, 1.82) is 0 Å². The molecule has 4 unspecified atom stereocenters. The van der Waals surface area contributed by atoms with Crippen LogP contribution in [-0.4, -0.2) is 99.0 Å². The number of ether oxygens (including phenoxy) is 5. The van der Waals surface area contributed by atoms with E-state index in [0.29, 0.717) is 6.42 Å². The van der Waals surface area contributed by atoms with Gasteiger partial charge in [0.1, 0.15) is 24.4 Å². The van der Waals surface area contributed by atoms with Gasteiger partial charge in [-0.2, -0.15) is 0 Å². The van der Waals surface area contributed by atoms with Gasteiger partial charge < -0.3 is 44.5 Å². The average Bonchev–Trinajstić information content (AvgIpc) is 2.68. The summed E-state index contributed by atoms with van der Waals surface area (Å²) in [5, 5.41) is 25.8. The highest BCUT2D eigenvalue weighted by atomic mass is 16.8. The number of likely N-dealkylation sites (N-methyl/N-ethyl adjacent to an activating group) is 1. The first-order valence-corrected chi connectivity index (χ1v) is 9.61. The maximum Gasteiger partial charge on any atom is 0.295 e. The van der Waals surface area contributed by atoms with Crippen molar-refractivity contribution in [2.24, 2.45) is 0 Å². The molecule has 1 aliphatic rings. The molecule has 8 atom stereocenters. The molecule has 0 spiro atoms. The van der Waals surface area contributed by atoms with Gasteiger partial charge in [-0.05, 0) is 20.4 Å². The van der Waals surface area contributed by atoms with Crippen LogP contribution in [0.1, 0.15) is 27.2 Å². The fraction of sp³-hybridized carbons (Fsp3) is 0.889. The molecule has 0 aromatic carbocycles. The Balaban J connectivity index is 3.05. The lowest BCUT2D eigenvalue weighted by Gasteiger charge is -2.44. The minimum atomic E-state index is -1.23. The highest BCUT2D eigenvalue weighted by Gasteiger charge is 2.46. The van der Waals surface area contributed by atoms with Crippen LogP contribution < -0.4 is 10.6 Å². The highest BCUT2D eigenvalue weighted by Crippen LogP contribution is 2.25. The summed E-state index contributed by atoms with van der Waals surface area (Å²) in [7, 11) is 3.14. The largest absolute Gasteiger partial charge is 0.435 e. The van der Waals surface area contributed by atoms with Gasteiger partial charge in [-0.1, -0.05) is 6.92 Å². The maximum absolute atomic E-state index is 11.6. The fourth-order valence-corrected chi connectivity index (χ4v) is 3.23. The second kappa shape index (κ2) is 13.1. The second-order valence-electron chi connectivity index (χ2n) is 6.79. The Bertz CT molecular complexity index is 492. The molecular formula is C18H34N2O9. The first-order valence-electron chi connectivity index (χ1n) is 9.61. The van der Waals surface area contributed by atoms with Crippen LogP contribution in [0.5, 0.6) is 0 Å². The number of nitrogens with one attached hydrogen (secondary N) is 2. The number of rotatable bonds is 13. The van der Waals surface area contributed by atoms with Crippen LogP contribution in [0, 0.1) is 0 Å². The van der Waals surface area contributed by atoms with E-state index in [1.807, 2.05) is 6.92 Å². The van der Waals surface area contributed by atoms with E-state index in [-0.39, 0.29) is 18.9 Å². The van der Waals surface area contributed by atoms with Crippen molar-refractivity contribution in [3.63, 3.8) is 0 Å². The fourth-order valence-electron chi connectivity index (χ4n) is 3.23. The number of aliphatic hydroxyl groups excluding tert-OH is 2. The lowest BCUT2D eigenvalue weighted by Crippen LogP contribution is -2.65. The number of hydrogen-bond acceptors (Lipinski definition) is 10. The number of carbonyl (C=O) groups is 2. The minimum absolute atomic E-state index is 0.188. The zero-order valence-corrected chi connectivity index (χ0v) is 17.6. The van der Waals surface area contributed by atoms with E-state index in [1.165, 1.54) is 14.0 Å². The summed E-state index contributed by atoms with van der Waals surface area (Å²) in [6, 6.07) is -0.692. The Kier molecular flexibility index (Phi) is 11.6. The second-order valence-corrected chi connectivity index (χ2v) is 6.79. The number of amides is 1. The normalized spacial score (nSPS) is 30.2. The molecule has 1 fully saturated rings. The molecule has 1 saturated heterocycles. The summed E-state index contributed by atoms with van der Waals surface area (Å²) in [5.41, 5.74) is 0. The van der Waals surface area contributed by atoms with E-state index in [2.05, 4.69) is 10.6 Å². The van der Waals surface area contributed by atoms with Crippen LogP contribution in [0.3, 0.4) is 0 Å². The summed E-state index contributed by atoms with van der Waals surface area (Å²) >= 11 is 0. The standard InChI is InChI=1S/C18H34N2O9/c1-6-12(25-5)18(26-9-22)29-14(7-19-4)28-17-15(20-11(3)23)10(2)27-13(8-21)16(17)24/h9-10,12-19,21,24H,6-8H2,1-5H3,(H,20,23)/t10-,12?,13?,14+,15+,16+,17?,18?/m0/s1. The molecule has 29 heavy (non-hydrogen) atoms. The SMILES string of the molecule is CCC(OC)C(OC=O)O[C@H](CNC)OC1[C@H](O)C(CO)O[C@@H](C)[C@H]1NC(C)=O. The molecule has 0 aromatic rings. The topological polar surface area (TPSA) is 145 Å². The Morgan fingerprint density at radius 3 is 2.55 bits per heavy atom. The molecular weight excluding hydrogens is 388 g/mol. The van der Waals surface area contributed by atoms with Crippen LogP contribution in [0.25, 0.3) is 0 Å². The van der Waals surface area contributed by atoms with E-state index >= 15 is 0 Å². The van der Waals surface area contributed by atoms with Crippen LogP contribution >= 0.6 is 0 Å². The summed E-state index contributed by atoms with van der Waals surface area (Å²) in [4.78, 5) is 22.5. The van der Waals surface area contributed by atoms with Crippen molar-refractivity contribution < 1.29 is 43.5 Å². The van der Waals surface area contributed by atoms with Crippen LogP contribution in [-0.2, 0) is 33.3 Å². The zero-order valence-electron chi connectivity index (χ0n) is 17.6. The molecule has 1 heterocycles. The lowest BCUT2D eigenvalue weighted by molar-refractivity contribution is -0.297. The van der Waals surface area contributed by atoms with Crippen molar-refractivity contribution >= 4 is 12.4 Å². The highest BCUT2D eigenvalue weighted by molar-refractivity contribution is 5.73. The van der Waals surface area contributed by atoms with Gasteiger partial charge in [0.2, 0.25) is 12.2 Å². The molecule has 0 aromatic heterocycles. The van der Waals surface area contributed by atoms with Crippen molar-refractivity contribution in [2.45, 2.75) is 76.3 Å². The van der Waals surface area contributed by atoms with Crippen LogP contribution in [0.15, 0.2) is 0 Å². The molecule has 170 valence electrons. The van der Waals surface area contributed by atoms with Crippen molar-refractivity contribution in [3.05, 3.63) is 0 Å². The smallest absolute Gasteiger partial charge is 0.295 e. The number of hydrogen-bond donors (Lipinski definition) is 4. The van der Waals surface area contributed by atoms with Crippen LogP contribution in [0.2, 0.25) is 0 Å². The number of aliphatic hydroxyl groups is 2. The molecule has 0 radical (unpaired) electrons. The third-order valence-electron chi connectivity index (χ3n) is 4.68. The molecule has 0 saturated carbocycles. The molecule has 11 nitrogen and oxygen atoms in total. The number of methoxy groups -OCH3 is 1. The molecule has 11 heteroatoms. The predicted octanol–water partition coefficient (Wildman–Crippen LogP) is -1.50.